The van der Waals surface area contributed by atoms with E-state index in [0.717, 1.165) is 16.6 Å². The van der Waals surface area contributed by atoms with Crippen LogP contribution >= 0.6 is 0 Å². The molecule has 0 bridgehead atoms. The van der Waals surface area contributed by atoms with Gasteiger partial charge in [-0.1, -0.05) is 36.4 Å². The molecule has 0 saturated heterocycles. The average Bonchev–Trinajstić information content (AvgIpc) is 3.19. The first-order valence-corrected chi connectivity index (χ1v) is 6.74. The Balaban J connectivity index is 1.89. The van der Waals surface area contributed by atoms with E-state index in [1.54, 1.807) is 6.20 Å². The first-order valence-electron chi connectivity index (χ1n) is 6.74. The van der Waals surface area contributed by atoms with Gasteiger partial charge >= 0.3 is 0 Å². The largest absolute Gasteiger partial charge is 0.326 e. The minimum atomic E-state index is 0.0785. The highest BCUT2D eigenvalue weighted by atomic mass is 15.3. The summed E-state index contributed by atoms with van der Waals surface area (Å²) in [5, 5.41) is 10.9. The predicted octanol–water partition coefficient (Wildman–Crippen LogP) is 2.79. The molecular weight excluding hydrogens is 262 g/mol. The summed E-state index contributed by atoms with van der Waals surface area (Å²) in [6.07, 6.45) is 5.61. The maximum Gasteiger partial charge on any atom is 0.113 e. The summed E-state index contributed by atoms with van der Waals surface area (Å²) in [7, 11) is 0. The molecule has 2 heterocycles. The maximum absolute atomic E-state index is 4.18. The van der Waals surface area contributed by atoms with Gasteiger partial charge in [-0.15, -0.1) is 0 Å². The van der Waals surface area contributed by atoms with Gasteiger partial charge in [-0.25, -0.2) is 4.98 Å². The van der Waals surface area contributed by atoms with Gasteiger partial charge in [-0.2, -0.15) is 15.4 Å². The van der Waals surface area contributed by atoms with E-state index < -0.39 is 0 Å². The van der Waals surface area contributed by atoms with E-state index in [9.17, 15) is 0 Å². The molecule has 0 aliphatic carbocycles. The standard InChI is InChI=1S/C16H13N5/c1-2-4-12(5-3-1)16(21-9-8-17-11-21)13-6-7-14-15(10-13)19-20-18-14/h1-11,16H,(H,18,19,20). The number of nitrogens with one attached hydrogen (secondary N) is 1. The third-order valence-corrected chi connectivity index (χ3v) is 3.59. The molecule has 0 saturated carbocycles. The van der Waals surface area contributed by atoms with Crippen LogP contribution in [0.15, 0.2) is 67.3 Å². The van der Waals surface area contributed by atoms with Crippen molar-refractivity contribution < 1.29 is 0 Å². The molecule has 0 amide bonds. The van der Waals surface area contributed by atoms with Gasteiger partial charge in [0.2, 0.25) is 0 Å². The fraction of sp³-hybridized carbons (Fsp3) is 0.0625. The lowest BCUT2D eigenvalue weighted by Gasteiger charge is -2.19. The summed E-state index contributed by atoms with van der Waals surface area (Å²) in [5.41, 5.74) is 4.10. The molecule has 1 N–H and O–H groups in total. The van der Waals surface area contributed by atoms with Crippen LogP contribution in [0.1, 0.15) is 17.2 Å². The summed E-state index contributed by atoms with van der Waals surface area (Å²) in [5.74, 6) is 0. The zero-order chi connectivity index (χ0) is 14.1. The van der Waals surface area contributed by atoms with E-state index in [4.69, 9.17) is 0 Å². The van der Waals surface area contributed by atoms with Crippen molar-refractivity contribution in [3.63, 3.8) is 0 Å². The lowest BCUT2D eigenvalue weighted by Crippen LogP contribution is -2.10. The number of imidazole rings is 1. The molecule has 0 radical (unpaired) electrons. The van der Waals surface area contributed by atoms with Crippen LogP contribution in [0.25, 0.3) is 11.0 Å². The highest BCUT2D eigenvalue weighted by Crippen LogP contribution is 2.27. The van der Waals surface area contributed by atoms with Crippen molar-refractivity contribution in [2.24, 2.45) is 0 Å². The second-order valence-corrected chi connectivity index (χ2v) is 4.89. The van der Waals surface area contributed by atoms with E-state index in [2.05, 4.69) is 49.2 Å². The highest BCUT2D eigenvalue weighted by molar-refractivity contribution is 5.74. The molecule has 102 valence electrons. The Labute approximate surface area is 121 Å². The summed E-state index contributed by atoms with van der Waals surface area (Å²) in [6.45, 7) is 0. The van der Waals surface area contributed by atoms with Crippen molar-refractivity contribution in [3.05, 3.63) is 78.4 Å². The summed E-state index contributed by atoms with van der Waals surface area (Å²) < 4.78 is 2.09. The lowest BCUT2D eigenvalue weighted by molar-refractivity contribution is 0.677. The van der Waals surface area contributed by atoms with Gasteiger partial charge in [-0.3, -0.25) is 0 Å². The van der Waals surface area contributed by atoms with Crippen LogP contribution in [-0.4, -0.2) is 25.0 Å². The summed E-state index contributed by atoms with van der Waals surface area (Å²) in [6, 6.07) is 16.6. The van der Waals surface area contributed by atoms with E-state index in [1.165, 1.54) is 5.56 Å². The second-order valence-electron chi connectivity index (χ2n) is 4.89. The Hall–Kier alpha value is -2.95. The topological polar surface area (TPSA) is 59.4 Å². The third-order valence-electron chi connectivity index (χ3n) is 3.59. The van der Waals surface area contributed by atoms with Crippen LogP contribution in [0.3, 0.4) is 0 Å². The van der Waals surface area contributed by atoms with E-state index >= 15 is 0 Å². The average molecular weight is 275 g/mol. The summed E-state index contributed by atoms with van der Waals surface area (Å²) >= 11 is 0. The molecule has 4 rings (SSSR count). The zero-order valence-corrected chi connectivity index (χ0v) is 11.2. The van der Waals surface area contributed by atoms with Gasteiger partial charge in [-0.05, 0) is 23.3 Å². The number of hydrogen-bond acceptors (Lipinski definition) is 3. The molecule has 2 aromatic carbocycles. The zero-order valence-electron chi connectivity index (χ0n) is 11.2. The Bertz CT molecular complexity index is 849. The van der Waals surface area contributed by atoms with Crippen LogP contribution in [0.2, 0.25) is 0 Å². The van der Waals surface area contributed by atoms with Gasteiger partial charge in [0, 0.05) is 12.4 Å². The number of benzene rings is 2. The minimum Gasteiger partial charge on any atom is -0.326 e. The van der Waals surface area contributed by atoms with Crippen LogP contribution in [0, 0.1) is 0 Å². The number of rotatable bonds is 3. The molecule has 21 heavy (non-hydrogen) atoms. The molecule has 0 spiro atoms. The van der Waals surface area contributed by atoms with E-state index in [1.807, 2.05) is 36.8 Å². The van der Waals surface area contributed by atoms with Gasteiger partial charge < -0.3 is 4.57 Å². The molecule has 1 unspecified atom stereocenters. The Morgan fingerprint density at radius 1 is 0.905 bits per heavy atom. The van der Waals surface area contributed by atoms with Gasteiger partial charge in [0.1, 0.15) is 11.0 Å². The van der Waals surface area contributed by atoms with Crippen molar-refractivity contribution >= 4 is 11.0 Å². The maximum atomic E-state index is 4.18. The normalized spacial score (nSPS) is 12.6. The molecule has 4 aromatic rings. The van der Waals surface area contributed by atoms with Gasteiger partial charge in [0.25, 0.3) is 0 Å². The van der Waals surface area contributed by atoms with Crippen LogP contribution in [-0.2, 0) is 0 Å². The Morgan fingerprint density at radius 2 is 1.76 bits per heavy atom. The molecular formula is C16H13N5. The second kappa shape index (κ2) is 4.86. The van der Waals surface area contributed by atoms with E-state index in [-0.39, 0.29) is 6.04 Å². The van der Waals surface area contributed by atoms with Gasteiger partial charge in [0.05, 0.1) is 12.4 Å². The minimum absolute atomic E-state index is 0.0785. The SMILES string of the molecule is c1ccc(C(c2ccc3n[nH]nc3c2)n2ccnc2)cc1. The summed E-state index contributed by atoms with van der Waals surface area (Å²) in [4.78, 5) is 4.18. The number of hydrogen-bond donors (Lipinski definition) is 1. The highest BCUT2D eigenvalue weighted by Gasteiger charge is 2.16. The lowest BCUT2D eigenvalue weighted by atomic mass is 9.98. The molecule has 5 heteroatoms. The number of fused-ring (bicyclic) bond motifs is 1. The molecule has 0 fully saturated rings. The number of nitrogens with zero attached hydrogens (tertiary/aromatic N) is 4. The smallest absolute Gasteiger partial charge is 0.113 e. The first kappa shape index (κ1) is 11.8. The number of H-pyrrole nitrogens is 1. The van der Waals surface area contributed by atoms with Crippen molar-refractivity contribution in [3.8, 4) is 0 Å². The van der Waals surface area contributed by atoms with Crippen molar-refractivity contribution in [1.29, 1.82) is 0 Å². The predicted molar refractivity (Wildman–Crippen MR) is 79.8 cm³/mol. The molecule has 2 aromatic heterocycles. The molecule has 0 aliphatic rings. The van der Waals surface area contributed by atoms with Crippen molar-refractivity contribution in [2.45, 2.75) is 6.04 Å². The van der Waals surface area contributed by atoms with Gasteiger partial charge in [0.15, 0.2) is 0 Å². The fourth-order valence-corrected chi connectivity index (χ4v) is 2.62. The quantitative estimate of drug-likeness (QED) is 0.625. The molecule has 5 nitrogen and oxygen atoms in total. The van der Waals surface area contributed by atoms with Crippen molar-refractivity contribution in [2.75, 3.05) is 0 Å². The fourth-order valence-electron chi connectivity index (χ4n) is 2.62. The number of aromatic amines is 1. The van der Waals surface area contributed by atoms with Crippen LogP contribution < -0.4 is 0 Å². The van der Waals surface area contributed by atoms with Crippen molar-refractivity contribution in [1.82, 2.24) is 25.0 Å². The van der Waals surface area contributed by atoms with E-state index in [0.29, 0.717) is 0 Å². The third kappa shape index (κ3) is 2.08. The molecule has 0 aliphatic heterocycles. The monoisotopic (exact) mass is 275 g/mol. The van der Waals surface area contributed by atoms with Crippen LogP contribution in [0.5, 0.6) is 0 Å². The first-order chi connectivity index (χ1) is 10.4. The molecule has 1 atom stereocenters. The Morgan fingerprint density at radius 3 is 2.57 bits per heavy atom. The number of aromatic nitrogens is 5. The van der Waals surface area contributed by atoms with Crippen LogP contribution in [0.4, 0.5) is 0 Å². The Kier molecular flexibility index (Phi) is 2.74.